The van der Waals surface area contributed by atoms with Crippen molar-refractivity contribution in [2.24, 2.45) is 23.7 Å². The first-order valence-electron chi connectivity index (χ1n) is 12.9. The molecule has 1 unspecified atom stereocenters. The van der Waals surface area contributed by atoms with E-state index in [1.54, 1.807) is 0 Å². The molecular weight excluding hydrogens is 372 g/mol. The topological polar surface area (TPSA) is 0 Å². The molecule has 0 heterocycles. The van der Waals surface area contributed by atoms with Crippen LogP contribution in [0.3, 0.4) is 0 Å². The summed E-state index contributed by atoms with van der Waals surface area (Å²) in [5, 5.41) is 0. The first-order chi connectivity index (χ1) is 14.8. The third-order valence-corrected chi connectivity index (χ3v) is 6.34. The van der Waals surface area contributed by atoms with Gasteiger partial charge in [0, 0.05) is 0 Å². The molecule has 1 aliphatic rings. The Balaban J connectivity index is 0.000000233. The smallest absolute Gasteiger partial charge is 0.0167 e. The van der Waals surface area contributed by atoms with E-state index in [0.29, 0.717) is 5.92 Å². The summed E-state index contributed by atoms with van der Waals surface area (Å²) in [6.45, 7) is 16.0. The van der Waals surface area contributed by atoms with E-state index in [0.717, 1.165) is 23.7 Å². The van der Waals surface area contributed by atoms with E-state index in [2.05, 4.69) is 109 Å². The van der Waals surface area contributed by atoms with Gasteiger partial charge in [-0.3, -0.25) is 0 Å². The van der Waals surface area contributed by atoms with Crippen molar-refractivity contribution in [1.29, 1.82) is 0 Å². The van der Waals surface area contributed by atoms with Crippen LogP contribution in [0, 0.1) is 23.7 Å². The average molecular weight is 423 g/mol. The normalized spacial score (nSPS) is 15.2. The summed E-state index contributed by atoms with van der Waals surface area (Å²) in [6, 6.07) is 21.3. The Labute approximate surface area is 194 Å². The lowest BCUT2D eigenvalue weighted by atomic mass is 9.84. The molecule has 0 aliphatic heterocycles. The lowest BCUT2D eigenvalue weighted by molar-refractivity contribution is 0.305. The van der Waals surface area contributed by atoms with E-state index in [9.17, 15) is 0 Å². The molecule has 0 aromatic heterocycles. The number of hydrogen-bond donors (Lipinski definition) is 0. The highest BCUT2D eigenvalue weighted by atomic mass is 14.2. The quantitative estimate of drug-likeness (QED) is 0.434. The fraction of sp³-hybridized carbons (Fsp3) is 0.613. The second-order valence-electron chi connectivity index (χ2n) is 10.7. The fourth-order valence-electron chi connectivity index (χ4n) is 4.32. The van der Waals surface area contributed by atoms with Crippen molar-refractivity contribution in [2.45, 2.75) is 99.3 Å². The molecule has 1 aliphatic carbocycles. The van der Waals surface area contributed by atoms with Gasteiger partial charge in [0.25, 0.3) is 0 Å². The summed E-state index contributed by atoms with van der Waals surface area (Å²) in [7, 11) is 0. The van der Waals surface area contributed by atoms with Gasteiger partial charge in [0.15, 0.2) is 0 Å². The second-order valence-corrected chi connectivity index (χ2v) is 10.7. The van der Waals surface area contributed by atoms with Gasteiger partial charge in [-0.2, -0.15) is 0 Å². The van der Waals surface area contributed by atoms with Crippen LogP contribution in [0.5, 0.6) is 0 Å². The molecular formula is C31H50. The molecule has 2 aromatic rings. The van der Waals surface area contributed by atoms with Gasteiger partial charge >= 0.3 is 0 Å². The van der Waals surface area contributed by atoms with Gasteiger partial charge in [-0.15, -0.1) is 0 Å². The van der Waals surface area contributed by atoms with E-state index in [1.165, 1.54) is 56.1 Å². The number of hydrogen-bond acceptors (Lipinski definition) is 0. The molecule has 3 rings (SSSR count). The van der Waals surface area contributed by atoms with E-state index >= 15 is 0 Å². The minimum Gasteiger partial charge on any atom is -0.0628 e. The Morgan fingerprint density at radius 2 is 1.16 bits per heavy atom. The first kappa shape index (κ1) is 27.5. The number of benzene rings is 2. The Bertz CT molecular complexity index is 632. The molecule has 0 amide bonds. The van der Waals surface area contributed by atoms with Gasteiger partial charge in [-0.1, -0.05) is 141 Å². The SMILES string of the molecule is CC(C)C(C)c1ccccc1.CC(C)CC1CCCCC1.CC(C)Cc1ccccc1. The van der Waals surface area contributed by atoms with Crippen molar-refractivity contribution in [3.05, 3.63) is 71.8 Å². The van der Waals surface area contributed by atoms with Crippen LogP contribution in [0.25, 0.3) is 0 Å². The van der Waals surface area contributed by atoms with Crippen LogP contribution in [0.15, 0.2) is 60.7 Å². The van der Waals surface area contributed by atoms with E-state index in [1.807, 2.05) is 0 Å². The predicted molar refractivity (Wildman–Crippen MR) is 141 cm³/mol. The molecule has 0 bridgehead atoms. The summed E-state index contributed by atoms with van der Waals surface area (Å²) < 4.78 is 0. The maximum Gasteiger partial charge on any atom is -0.0167 e. The lowest BCUT2D eigenvalue weighted by Gasteiger charge is -2.22. The summed E-state index contributed by atoms with van der Waals surface area (Å²) >= 11 is 0. The molecule has 0 N–H and O–H groups in total. The van der Waals surface area contributed by atoms with Crippen LogP contribution in [-0.2, 0) is 6.42 Å². The molecule has 0 nitrogen and oxygen atoms in total. The molecule has 0 radical (unpaired) electrons. The zero-order chi connectivity index (χ0) is 23.1. The highest BCUT2D eigenvalue weighted by molar-refractivity contribution is 5.19. The number of rotatable bonds is 6. The molecule has 31 heavy (non-hydrogen) atoms. The second kappa shape index (κ2) is 16.1. The Morgan fingerprint density at radius 1 is 0.645 bits per heavy atom. The van der Waals surface area contributed by atoms with Crippen LogP contribution < -0.4 is 0 Å². The maximum atomic E-state index is 2.34. The van der Waals surface area contributed by atoms with Crippen molar-refractivity contribution < 1.29 is 0 Å². The zero-order valence-corrected chi connectivity index (χ0v) is 21.6. The molecule has 1 saturated carbocycles. The van der Waals surface area contributed by atoms with Crippen molar-refractivity contribution in [1.82, 2.24) is 0 Å². The summed E-state index contributed by atoms with van der Waals surface area (Å²) in [4.78, 5) is 0. The molecule has 2 aromatic carbocycles. The molecule has 0 spiro atoms. The van der Waals surface area contributed by atoms with Gasteiger partial charge < -0.3 is 0 Å². The third kappa shape index (κ3) is 13.5. The van der Waals surface area contributed by atoms with E-state index in [4.69, 9.17) is 0 Å². The highest BCUT2D eigenvalue weighted by Gasteiger charge is 2.13. The van der Waals surface area contributed by atoms with Crippen LogP contribution in [-0.4, -0.2) is 0 Å². The van der Waals surface area contributed by atoms with Gasteiger partial charge in [0.1, 0.15) is 0 Å². The van der Waals surface area contributed by atoms with Gasteiger partial charge in [-0.05, 0) is 53.6 Å². The van der Waals surface area contributed by atoms with Crippen LogP contribution in [0.4, 0.5) is 0 Å². The Kier molecular flexibility index (Phi) is 14.3. The summed E-state index contributed by atoms with van der Waals surface area (Å²) in [5.41, 5.74) is 2.89. The average Bonchev–Trinajstić information content (AvgIpc) is 2.75. The molecule has 0 saturated heterocycles. The summed E-state index contributed by atoms with van der Waals surface area (Å²) in [6.07, 6.45) is 10.2. The predicted octanol–water partition coefficient (Wildman–Crippen LogP) is 9.94. The van der Waals surface area contributed by atoms with Crippen molar-refractivity contribution >= 4 is 0 Å². The minimum atomic E-state index is 0.677. The van der Waals surface area contributed by atoms with Crippen molar-refractivity contribution in [3.63, 3.8) is 0 Å². The van der Waals surface area contributed by atoms with Crippen LogP contribution in [0.2, 0.25) is 0 Å². The Hall–Kier alpha value is -1.56. The molecule has 1 fully saturated rings. The molecule has 174 valence electrons. The monoisotopic (exact) mass is 422 g/mol. The fourth-order valence-corrected chi connectivity index (χ4v) is 4.32. The highest BCUT2D eigenvalue weighted by Crippen LogP contribution is 2.28. The van der Waals surface area contributed by atoms with Crippen LogP contribution >= 0.6 is 0 Å². The standard InChI is InChI=1S/C11H16.C10H20.C10H14/c1-9(2)10(3)11-7-5-4-6-8-11;2*1-9(2)8-10-6-4-3-5-7-10/h4-10H,1-3H3;9-10H,3-8H2,1-2H3;3-7,9H,8H2,1-2H3. The van der Waals surface area contributed by atoms with Gasteiger partial charge in [0.2, 0.25) is 0 Å². The molecule has 1 atom stereocenters. The van der Waals surface area contributed by atoms with Crippen molar-refractivity contribution in [2.75, 3.05) is 0 Å². The van der Waals surface area contributed by atoms with E-state index in [-0.39, 0.29) is 0 Å². The summed E-state index contributed by atoms with van der Waals surface area (Å²) in [5.74, 6) is 4.17. The minimum absolute atomic E-state index is 0.677. The van der Waals surface area contributed by atoms with Gasteiger partial charge in [0.05, 0.1) is 0 Å². The molecule has 0 heteroatoms. The van der Waals surface area contributed by atoms with E-state index < -0.39 is 0 Å². The van der Waals surface area contributed by atoms with Crippen molar-refractivity contribution in [3.8, 4) is 0 Å². The first-order valence-corrected chi connectivity index (χ1v) is 12.9. The third-order valence-electron chi connectivity index (χ3n) is 6.34. The zero-order valence-electron chi connectivity index (χ0n) is 21.6. The van der Waals surface area contributed by atoms with Crippen LogP contribution in [0.1, 0.15) is 104 Å². The largest absolute Gasteiger partial charge is 0.0628 e. The Morgan fingerprint density at radius 3 is 1.61 bits per heavy atom. The van der Waals surface area contributed by atoms with Gasteiger partial charge in [-0.25, -0.2) is 0 Å². The maximum absolute atomic E-state index is 2.34. The lowest BCUT2D eigenvalue weighted by Crippen LogP contribution is -2.08.